The predicted octanol–water partition coefficient (Wildman–Crippen LogP) is 4.64. The number of hydrogen-bond donors (Lipinski definition) is 2. The quantitative estimate of drug-likeness (QED) is 0.549. The fourth-order valence-corrected chi connectivity index (χ4v) is 4.39. The van der Waals surface area contributed by atoms with Crippen LogP contribution in [0.5, 0.6) is 5.75 Å². The van der Waals surface area contributed by atoms with Crippen molar-refractivity contribution >= 4 is 21.7 Å². The first-order valence-electron chi connectivity index (χ1n) is 9.46. The van der Waals surface area contributed by atoms with E-state index in [0.29, 0.717) is 17.9 Å². The van der Waals surface area contributed by atoms with Crippen LogP contribution in [-0.2, 0) is 23.1 Å². The molecule has 0 aliphatic rings. The highest BCUT2D eigenvalue weighted by Gasteiger charge is 2.19. The summed E-state index contributed by atoms with van der Waals surface area (Å²) in [4.78, 5) is 11.2. The number of aryl methyl sites for hydroxylation is 2. The third kappa shape index (κ3) is 4.99. The zero-order valence-corrected chi connectivity index (χ0v) is 17.6. The number of carbonyl (C=O) groups is 1. The summed E-state index contributed by atoms with van der Waals surface area (Å²) in [5.41, 5.74) is 2.93. The molecule has 30 heavy (non-hydrogen) atoms. The Hall–Kier alpha value is -3.32. The van der Waals surface area contributed by atoms with Gasteiger partial charge in [-0.3, -0.25) is 4.72 Å². The van der Waals surface area contributed by atoms with E-state index in [-0.39, 0.29) is 17.1 Å². The minimum absolute atomic E-state index is 0.170. The maximum Gasteiger partial charge on any atom is 0.335 e. The monoisotopic (exact) mass is 425 g/mol. The highest BCUT2D eigenvalue weighted by Crippen LogP contribution is 2.30. The zero-order valence-electron chi connectivity index (χ0n) is 16.8. The summed E-state index contributed by atoms with van der Waals surface area (Å²) >= 11 is 0. The number of benzene rings is 3. The zero-order chi connectivity index (χ0) is 21.7. The molecule has 2 N–H and O–H groups in total. The largest absolute Gasteiger partial charge is 0.487 e. The SMILES string of the molecule is CCc1ccccc1S(=O)(=O)Nc1cc(C)ccc1OCc1ccc(C(=O)O)cc1. The Morgan fingerprint density at radius 1 is 1.03 bits per heavy atom. The van der Waals surface area contributed by atoms with Crippen LogP contribution in [-0.4, -0.2) is 19.5 Å². The van der Waals surface area contributed by atoms with Crippen LogP contribution in [0.4, 0.5) is 5.69 Å². The Kier molecular flexibility index (Phi) is 6.42. The summed E-state index contributed by atoms with van der Waals surface area (Å²) < 4.78 is 34.5. The second-order valence-electron chi connectivity index (χ2n) is 6.86. The lowest BCUT2D eigenvalue weighted by Gasteiger charge is -2.16. The molecule has 3 aromatic rings. The number of carboxylic acid groups (broad SMARTS) is 1. The van der Waals surface area contributed by atoms with Gasteiger partial charge in [-0.05, 0) is 60.4 Å². The van der Waals surface area contributed by atoms with Crippen molar-refractivity contribution in [3.8, 4) is 5.75 Å². The van der Waals surface area contributed by atoms with Crippen LogP contribution >= 0.6 is 0 Å². The van der Waals surface area contributed by atoms with Crippen LogP contribution in [0.2, 0.25) is 0 Å². The molecule has 0 atom stereocenters. The minimum atomic E-state index is -3.79. The van der Waals surface area contributed by atoms with Gasteiger partial charge in [-0.25, -0.2) is 13.2 Å². The molecular formula is C23H23NO5S. The Bertz CT molecular complexity index is 1150. The molecule has 0 aliphatic heterocycles. The van der Waals surface area contributed by atoms with Gasteiger partial charge in [0.25, 0.3) is 10.0 Å². The lowest BCUT2D eigenvalue weighted by molar-refractivity contribution is 0.0697. The van der Waals surface area contributed by atoms with Gasteiger partial charge in [0, 0.05) is 0 Å². The number of aromatic carboxylic acids is 1. The second kappa shape index (κ2) is 9.00. The van der Waals surface area contributed by atoms with Crippen molar-refractivity contribution in [3.05, 3.63) is 89.0 Å². The van der Waals surface area contributed by atoms with Crippen molar-refractivity contribution in [1.82, 2.24) is 0 Å². The Labute approximate surface area is 176 Å². The van der Waals surface area contributed by atoms with Crippen molar-refractivity contribution in [3.63, 3.8) is 0 Å². The van der Waals surface area contributed by atoms with Gasteiger partial charge in [0.15, 0.2) is 0 Å². The predicted molar refractivity (Wildman–Crippen MR) is 116 cm³/mol. The third-order valence-electron chi connectivity index (χ3n) is 4.62. The number of ether oxygens (including phenoxy) is 1. The molecule has 0 unspecified atom stereocenters. The number of anilines is 1. The molecule has 0 bridgehead atoms. The molecule has 0 aromatic heterocycles. The first kappa shape index (κ1) is 21.4. The molecule has 0 aliphatic carbocycles. The smallest absolute Gasteiger partial charge is 0.335 e. The van der Waals surface area contributed by atoms with E-state index in [4.69, 9.17) is 9.84 Å². The van der Waals surface area contributed by atoms with E-state index >= 15 is 0 Å². The molecule has 0 fully saturated rings. The maximum absolute atomic E-state index is 13.0. The lowest BCUT2D eigenvalue weighted by atomic mass is 10.1. The van der Waals surface area contributed by atoms with Gasteiger partial charge in [0.2, 0.25) is 0 Å². The summed E-state index contributed by atoms with van der Waals surface area (Å²) in [6.07, 6.45) is 0.598. The van der Waals surface area contributed by atoms with Gasteiger partial charge in [-0.1, -0.05) is 43.3 Å². The Balaban J connectivity index is 1.84. The fraction of sp³-hybridized carbons (Fsp3) is 0.174. The molecule has 0 saturated carbocycles. The van der Waals surface area contributed by atoms with Gasteiger partial charge in [0.1, 0.15) is 12.4 Å². The van der Waals surface area contributed by atoms with E-state index in [2.05, 4.69) is 4.72 Å². The molecule has 7 heteroatoms. The molecule has 156 valence electrons. The van der Waals surface area contributed by atoms with E-state index in [1.807, 2.05) is 26.0 Å². The van der Waals surface area contributed by atoms with Crippen molar-refractivity contribution < 1.29 is 23.1 Å². The van der Waals surface area contributed by atoms with Gasteiger partial charge < -0.3 is 9.84 Å². The average molecular weight is 426 g/mol. The van der Waals surface area contributed by atoms with E-state index in [9.17, 15) is 13.2 Å². The van der Waals surface area contributed by atoms with Crippen molar-refractivity contribution in [1.29, 1.82) is 0 Å². The fourth-order valence-electron chi connectivity index (χ4n) is 3.01. The summed E-state index contributed by atoms with van der Waals surface area (Å²) in [5.74, 6) is -0.606. The van der Waals surface area contributed by atoms with Crippen molar-refractivity contribution in [2.24, 2.45) is 0 Å². The Morgan fingerprint density at radius 3 is 2.40 bits per heavy atom. The first-order chi connectivity index (χ1) is 14.3. The van der Waals surface area contributed by atoms with Crippen LogP contribution in [0.25, 0.3) is 0 Å². The van der Waals surface area contributed by atoms with Crippen LogP contribution in [0.15, 0.2) is 71.6 Å². The number of nitrogens with one attached hydrogen (secondary N) is 1. The third-order valence-corrected chi connectivity index (χ3v) is 6.08. The molecule has 0 spiro atoms. The van der Waals surface area contributed by atoms with Crippen LogP contribution < -0.4 is 9.46 Å². The Morgan fingerprint density at radius 2 is 1.73 bits per heavy atom. The summed E-state index contributed by atoms with van der Waals surface area (Å²) in [7, 11) is -3.79. The topological polar surface area (TPSA) is 92.7 Å². The van der Waals surface area contributed by atoms with E-state index < -0.39 is 16.0 Å². The van der Waals surface area contributed by atoms with Crippen LogP contribution in [0, 0.1) is 6.92 Å². The highest BCUT2D eigenvalue weighted by molar-refractivity contribution is 7.92. The van der Waals surface area contributed by atoms with E-state index in [1.54, 1.807) is 42.5 Å². The number of carboxylic acids is 1. The van der Waals surface area contributed by atoms with Crippen molar-refractivity contribution in [2.45, 2.75) is 31.8 Å². The number of rotatable bonds is 8. The minimum Gasteiger partial charge on any atom is -0.487 e. The molecule has 6 nitrogen and oxygen atoms in total. The number of sulfonamides is 1. The molecule has 0 amide bonds. The summed E-state index contributed by atoms with van der Waals surface area (Å²) in [5, 5.41) is 8.99. The standard InChI is InChI=1S/C23H23NO5S/c1-3-18-6-4-5-7-22(18)30(27,28)24-20-14-16(2)8-13-21(20)29-15-17-9-11-19(12-10-17)23(25)26/h4-14,24H,3,15H2,1-2H3,(H,25,26). The van der Waals surface area contributed by atoms with Crippen LogP contribution in [0.3, 0.4) is 0 Å². The first-order valence-corrected chi connectivity index (χ1v) is 10.9. The average Bonchev–Trinajstić information content (AvgIpc) is 2.73. The van der Waals surface area contributed by atoms with E-state index in [1.165, 1.54) is 12.1 Å². The molecule has 0 radical (unpaired) electrons. The van der Waals surface area contributed by atoms with Crippen molar-refractivity contribution in [2.75, 3.05) is 4.72 Å². The molecule has 0 heterocycles. The summed E-state index contributed by atoms with van der Waals surface area (Å²) in [6.45, 7) is 3.95. The van der Waals surface area contributed by atoms with Gasteiger partial charge in [0.05, 0.1) is 16.1 Å². The molecule has 3 rings (SSSR count). The molecule has 3 aromatic carbocycles. The summed E-state index contributed by atoms with van der Waals surface area (Å²) in [6, 6.07) is 18.5. The van der Waals surface area contributed by atoms with Gasteiger partial charge in [-0.2, -0.15) is 0 Å². The molecular weight excluding hydrogens is 402 g/mol. The van der Waals surface area contributed by atoms with Crippen LogP contribution in [0.1, 0.15) is 34.0 Å². The normalized spacial score (nSPS) is 11.1. The molecule has 0 saturated heterocycles. The van der Waals surface area contributed by atoms with Gasteiger partial charge >= 0.3 is 5.97 Å². The highest BCUT2D eigenvalue weighted by atomic mass is 32.2. The van der Waals surface area contributed by atoms with Gasteiger partial charge in [-0.15, -0.1) is 0 Å². The lowest BCUT2D eigenvalue weighted by Crippen LogP contribution is -2.15. The van der Waals surface area contributed by atoms with E-state index in [0.717, 1.165) is 16.7 Å². The number of hydrogen-bond acceptors (Lipinski definition) is 4. The maximum atomic E-state index is 13.0. The second-order valence-corrected chi connectivity index (χ2v) is 8.51.